The molecule has 1 aliphatic rings. The lowest BCUT2D eigenvalue weighted by Crippen LogP contribution is -2.32. The molecule has 90 valence electrons. The van der Waals surface area contributed by atoms with Crippen molar-refractivity contribution in [2.24, 2.45) is 5.92 Å². The number of hydrogen-bond donors (Lipinski definition) is 2. The molecule has 0 heterocycles. The van der Waals surface area contributed by atoms with Crippen LogP contribution in [0.3, 0.4) is 0 Å². The molecular formula is C10H20FNO2S. The standard InChI is InChI=1S/C10H20FNO2S/c11-10(8-15(13)14)7-12-6-9-4-2-1-3-5-9/h9-10,12H,1-8H2,(H,13,14)/t10-/m1/s1. The smallest absolute Gasteiger partial charge is 0.155 e. The van der Waals surface area contributed by atoms with E-state index >= 15 is 0 Å². The van der Waals surface area contributed by atoms with Gasteiger partial charge in [-0.15, -0.1) is 0 Å². The highest BCUT2D eigenvalue weighted by molar-refractivity contribution is 7.79. The Balaban J connectivity index is 2.02. The quantitative estimate of drug-likeness (QED) is 0.692. The molecule has 0 aliphatic heterocycles. The van der Waals surface area contributed by atoms with Crippen LogP contribution in [0.25, 0.3) is 0 Å². The SMILES string of the molecule is O=S(O)C[C@H](F)CNCC1CCCCC1. The van der Waals surface area contributed by atoms with Crippen molar-refractivity contribution < 1.29 is 13.2 Å². The Kier molecular flexibility index (Phi) is 6.36. The summed E-state index contributed by atoms with van der Waals surface area (Å²) in [5.74, 6) is 0.392. The van der Waals surface area contributed by atoms with Gasteiger partial charge in [0.1, 0.15) is 6.17 Å². The van der Waals surface area contributed by atoms with Gasteiger partial charge in [0.05, 0.1) is 5.75 Å². The summed E-state index contributed by atoms with van der Waals surface area (Å²) >= 11 is -2.02. The van der Waals surface area contributed by atoms with Crippen LogP contribution in [-0.4, -0.2) is 33.8 Å². The molecule has 1 rings (SSSR count). The second-order valence-electron chi connectivity index (χ2n) is 4.25. The van der Waals surface area contributed by atoms with Gasteiger partial charge in [0.25, 0.3) is 0 Å². The second-order valence-corrected chi connectivity index (χ2v) is 5.22. The van der Waals surface area contributed by atoms with Gasteiger partial charge in [0, 0.05) is 6.54 Å². The predicted octanol–water partition coefficient (Wildman–Crippen LogP) is 1.72. The number of halogens is 1. The Morgan fingerprint density at radius 2 is 2.07 bits per heavy atom. The molecule has 15 heavy (non-hydrogen) atoms. The molecular weight excluding hydrogens is 217 g/mol. The predicted molar refractivity (Wildman–Crippen MR) is 60.0 cm³/mol. The van der Waals surface area contributed by atoms with Crippen molar-refractivity contribution in [1.29, 1.82) is 0 Å². The molecule has 1 unspecified atom stereocenters. The Labute approximate surface area is 93.1 Å². The number of alkyl halides is 1. The molecule has 0 radical (unpaired) electrons. The van der Waals surface area contributed by atoms with E-state index < -0.39 is 17.3 Å². The molecule has 2 atom stereocenters. The molecule has 2 N–H and O–H groups in total. The largest absolute Gasteiger partial charge is 0.314 e. The molecule has 1 aliphatic carbocycles. The summed E-state index contributed by atoms with van der Waals surface area (Å²) in [6, 6.07) is 0. The number of rotatable bonds is 6. The number of hydrogen-bond acceptors (Lipinski definition) is 2. The molecule has 0 amide bonds. The zero-order valence-corrected chi connectivity index (χ0v) is 9.77. The van der Waals surface area contributed by atoms with Crippen LogP contribution in [-0.2, 0) is 11.1 Å². The number of nitrogens with one attached hydrogen (secondary N) is 1. The third-order valence-corrected chi connectivity index (χ3v) is 3.49. The van der Waals surface area contributed by atoms with Crippen molar-refractivity contribution in [3.8, 4) is 0 Å². The summed E-state index contributed by atoms with van der Waals surface area (Å²) < 4.78 is 31.8. The normalized spacial score (nSPS) is 22.5. The van der Waals surface area contributed by atoms with E-state index in [1.165, 1.54) is 32.1 Å². The van der Waals surface area contributed by atoms with Crippen molar-refractivity contribution >= 4 is 11.1 Å². The Morgan fingerprint density at radius 1 is 1.40 bits per heavy atom. The minimum atomic E-state index is -2.02. The fourth-order valence-corrected chi connectivity index (χ4v) is 2.48. The maximum atomic E-state index is 13.0. The van der Waals surface area contributed by atoms with Gasteiger partial charge in [-0.3, -0.25) is 0 Å². The van der Waals surface area contributed by atoms with Gasteiger partial charge in [0.2, 0.25) is 0 Å². The van der Waals surface area contributed by atoms with Gasteiger partial charge in [-0.2, -0.15) is 0 Å². The lowest BCUT2D eigenvalue weighted by atomic mass is 9.89. The summed E-state index contributed by atoms with van der Waals surface area (Å²) in [4.78, 5) is 0. The van der Waals surface area contributed by atoms with Crippen molar-refractivity contribution in [3.63, 3.8) is 0 Å². The van der Waals surface area contributed by atoms with Crippen LogP contribution in [0.5, 0.6) is 0 Å². The van der Waals surface area contributed by atoms with Crippen LogP contribution in [0.4, 0.5) is 4.39 Å². The van der Waals surface area contributed by atoms with E-state index in [4.69, 9.17) is 4.55 Å². The van der Waals surface area contributed by atoms with Crippen LogP contribution in [0, 0.1) is 5.92 Å². The third kappa shape index (κ3) is 6.22. The third-order valence-electron chi connectivity index (χ3n) is 2.85. The average molecular weight is 237 g/mol. The van der Waals surface area contributed by atoms with Crippen molar-refractivity contribution in [2.75, 3.05) is 18.8 Å². The van der Waals surface area contributed by atoms with E-state index in [1.807, 2.05) is 0 Å². The highest BCUT2D eigenvalue weighted by atomic mass is 32.2. The summed E-state index contributed by atoms with van der Waals surface area (Å²) in [7, 11) is 0. The van der Waals surface area contributed by atoms with Crippen LogP contribution in [0.15, 0.2) is 0 Å². The lowest BCUT2D eigenvalue weighted by molar-refractivity contribution is 0.306. The van der Waals surface area contributed by atoms with Gasteiger partial charge in [-0.05, 0) is 25.3 Å². The van der Waals surface area contributed by atoms with Crippen molar-refractivity contribution in [1.82, 2.24) is 5.32 Å². The summed E-state index contributed by atoms with van der Waals surface area (Å²) in [5, 5.41) is 3.04. The van der Waals surface area contributed by atoms with Gasteiger partial charge in [0.15, 0.2) is 11.1 Å². The van der Waals surface area contributed by atoms with Crippen molar-refractivity contribution in [3.05, 3.63) is 0 Å². The minimum Gasteiger partial charge on any atom is -0.314 e. The first kappa shape index (κ1) is 13.1. The fourth-order valence-electron chi connectivity index (χ4n) is 2.05. The van der Waals surface area contributed by atoms with E-state index in [1.54, 1.807) is 0 Å². The molecule has 0 aromatic rings. The molecule has 0 spiro atoms. The van der Waals surface area contributed by atoms with Gasteiger partial charge in [-0.25, -0.2) is 8.60 Å². The summed E-state index contributed by atoms with van der Waals surface area (Å²) in [6.07, 6.45) is 5.15. The van der Waals surface area contributed by atoms with Gasteiger partial charge < -0.3 is 9.87 Å². The van der Waals surface area contributed by atoms with E-state index in [2.05, 4.69) is 5.32 Å². The topological polar surface area (TPSA) is 49.3 Å². The first-order valence-electron chi connectivity index (χ1n) is 5.60. The van der Waals surface area contributed by atoms with Crippen LogP contribution >= 0.6 is 0 Å². The van der Waals surface area contributed by atoms with E-state index in [0.717, 1.165) is 6.54 Å². The van der Waals surface area contributed by atoms with Crippen molar-refractivity contribution in [2.45, 2.75) is 38.3 Å². The molecule has 0 bridgehead atoms. The molecule has 0 saturated heterocycles. The monoisotopic (exact) mass is 237 g/mol. The fraction of sp³-hybridized carbons (Fsp3) is 1.00. The maximum absolute atomic E-state index is 13.0. The Bertz CT molecular complexity index is 198. The second kappa shape index (κ2) is 7.30. The van der Waals surface area contributed by atoms with E-state index in [9.17, 15) is 8.60 Å². The molecule has 0 aromatic carbocycles. The first-order valence-corrected chi connectivity index (χ1v) is 6.88. The minimum absolute atomic E-state index is 0.197. The maximum Gasteiger partial charge on any atom is 0.155 e. The Hall–Kier alpha value is -0.0000000000000000486. The lowest BCUT2D eigenvalue weighted by Gasteiger charge is -2.22. The van der Waals surface area contributed by atoms with E-state index in [-0.39, 0.29) is 12.3 Å². The van der Waals surface area contributed by atoms with Crippen LogP contribution in [0.2, 0.25) is 0 Å². The highest BCUT2D eigenvalue weighted by Crippen LogP contribution is 2.22. The first-order chi connectivity index (χ1) is 7.18. The van der Waals surface area contributed by atoms with Crippen LogP contribution in [0.1, 0.15) is 32.1 Å². The summed E-state index contributed by atoms with van der Waals surface area (Å²) in [5.41, 5.74) is 0. The van der Waals surface area contributed by atoms with Crippen LogP contribution < -0.4 is 5.32 Å². The zero-order chi connectivity index (χ0) is 11.1. The molecule has 0 aromatic heterocycles. The average Bonchev–Trinajstić information content (AvgIpc) is 2.18. The highest BCUT2D eigenvalue weighted by Gasteiger charge is 2.14. The van der Waals surface area contributed by atoms with E-state index in [0.29, 0.717) is 5.92 Å². The molecule has 3 nitrogen and oxygen atoms in total. The van der Waals surface area contributed by atoms with Gasteiger partial charge in [-0.1, -0.05) is 19.3 Å². The Morgan fingerprint density at radius 3 is 2.67 bits per heavy atom. The molecule has 1 fully saturated rings. The molecule has 1 saturated carbocycles. The zero-order valence-electron chi connectivity index (χ0n) is 8.95. The molecule has 5 heteroatoms. The van der Waals surface area contributed by atoms with Gasteiger partial charge >= 0.3 is 0 Å². The summed E-state index contributed by atoms with van der Waals surface area (Å²) in [6.45, 7) is 1.04.